The molecule has 1 amide bonds. The number of amidine groups is 1. The molecule has 27 heavy (non-hydrogen) atoms. The maximum absolute atomic E-state index is 12.1. The highest BCUT2D eigenvalue weighted by Gasteiger charge is 2.50. The number of aryl methyl sites for hydroxylation is 1. The van der Waals surface area contributed by atoms with E-state index < -0.39 is 28.1 Å². The van der Waals surface area contributed by atoms with Gasteiger partial charge >= 0.3 is 0 Å². The van der Waals surface area contributed by atoms with Crippen molar-refractivity contribution in [1.29, 1.82) is 0 Å². The van der Waals surface area contributed by atoms with E-state index in [4.69, 9.17) is 4.74 Å². The number of thioether (sulfide) groups is 1. The van der Waals surface area contributed by atoms with Crippen LogP contribution >= 0.6 is 11.8 Å². The molecule has 2 fully saturated rings. The number of carbonyl (C=O) groups excluding carboxylic acids is 2. The van der Waals surface area contributed by atoms with E-state index in [0.717, 1.165) is 5.56 Å². The van der Waals surface area contributed by atoms with Crippen LogP contribution < -0.4 is 14.7 Å². The Morgan fingerprint density at radius 2 is 2.07 bits per heavy atom. The van der Waals surface area contributed by atoms with Gasteiger partial charge in [-0.15, -0.1) is 0 Å². The number of fused-ring (bicyclic) bond motifs is 1. The number of aliphatic imine (C=N–C) groups is 1. The number of rotatable bonds is 5. The maximum atomic E-state index is 12.1. The fraction of sp³-hybridized carbons (Fsp3) is 0.471. The first kappa shape index (κ1) is 19.7. The Bertz CT molecular complexity index is 912. The minimum Gasteiger partial charge on any atom is -0.550 e. The Hall–Kier alpha value is -2.07. The standard InChI is InChI=1S/C17H20N2O6S2/c1-10-3-4-13(25-2)11(7-10)19-12-8-27(23,24)9-14(12)26-17(19)18-15(20)5-6-16(21)22/h3-4,7,12,14H,5-6,8-9H2,1-2H3,(H,21,22)/p-1/t12-,14+/m0/s1. The minimum absolute atomic E-state index is 0.0131. The molecule has 0 spiro atoms. The summed E-state index contributed by atoms with van der Waals surface area (Å²) in [5.41, 5.74) is 1.59. The third kappa shape index (κ3) is 4.27. The Morgan fingerprint density at radius 3 is 2.74 bits per heavy atom. The predicted octanol–water partition coefficient (Wildman–Crippen LogP) is 0.135. The number of sulfone groups is 1. The van der Waals surface area contributed by atoms with Crippen LogP contribution in [0.4, 0.5) is 5.69 Å². The van der Waals surface area contributed by atoms with Gasteiger partial charge in [0.25, 0.3) is 0 Å². The van der Waals surface area contributed by atoms with Crippen molar-refractivity contribution in [3.63, 3.8) is 0 Å². The van der Waals surface area contributed by atoms with Crippen molar-refractivity contribution >= 4 is 44.3 Å². The molecule has 0 aromatic heterocycles. The van der Waals surface area contributed by atoms with Crippen LogP contribution in [-0.2, 0) is 19.4 Å². The van der Waals surface area contributed by atoms with E-state index in [1.54, 1.807) is 11.0 Å². The van der Waals surface area contributed by atoms with Crippen molar-refractivity contribution in [2.75, 3.05) is 23.5 Å². The SMILES string of the molecule is COc1ccc(C)cc1N1C(=NC(=O)CCC(=O)[O-])S[C@@H]2CS(=O)(=O)C[C@@H]21. The number of aliphatic carboxylic acids is 1. The lowest BCUT2D eigenvalue weighted by molar-refractivity contribution is -0.305. The first-order valence-electron chi connectivity index (χ1n) is 8.32. The lowest BCUT2D eigenvalue weighted by atomic mass is 10.1. The highest BCUT2D eigenvalue weighted by Crippen LogP contribution is 2.44. The summed E-state index contributed by atoms with van der Waals surface area (Å²) in [5.74, 6) is -1.38. The van der Waals surface area contributed by atoms with E-state index in [-0.39, 0.29) is 29.2 Å². The molecule has 2 saturated heterocycles. The Balaban J connectivity index is 2.00. The number of hydrogen-bond donors (Lipinski definition) is 0. The summed E-state index contributed by atoms with van der Waals surface area (Å²) in [6.45, 7) is 1.90. The highest BCUT2D eigenvalue weighted by molar-refractivity contribution is 8.16. The molecule has 2 atom stereocenters. The zero-order chi connectivity index (χ0) is 19.8. The van der Waals surface area contributed by atoms with Gasteiger partial charge in [-0.05, 0) is 31.0 Å². The second-order valence-corrected chi connectivity index (χ2v) is 9.87. The number of amides is 1. The largest absolute Gasteiger partial charge is 0.550 e. The number of nitrogens with zero attached hydrogens (tertiary/aromatic N) is 2. The van der Waals surface area contributed by atoms with Crippen molar-refractivity contribution in [1.82, 2.24) is 0 Å². The summed E-state index contributed by atoms with van der Waals surface area (Å²) < 4.78 is 29.6. The topological polar surface area (TPSA) is 116 Å². The van der Waals surface area contributed by atoms with E-state index in [1.165, 1.54) is 18.9 Å². The lowest BCUT2D eigenvalue weighted by Crippen LogP contribution is -2.38. The van der Waals surface area contributed by atoms with Gasteiger partial charge in [-0.1, -0.05) is 17.8 Å². The molecule has 2 aliphatic rings. The number of carboxylic acid groups (broad SMARTS) is 1. The molecule has 0 aliphatic carbocycles. The van der Waals surface area contributed by atoms with Crippen LogP contribution in [0.2, 0.25) is 0 Å². The van der Waals surface area contributed by atoms with Crippen LogP contribution in [0.5, 0.6) is 5.75 Å². The summed E-state index contributed by atoms with van der Waals surface area (Å²) in [7, 11) is -1.66. The van der Waals surface area contributed by atoms with Crippen LogP contribution in [0, 0.1) is 6.92 Å². The van der Waals surface area contributed by atoms with Gasteiger partial charge in [0.05, 0.1) is 30.3 Å². The summed E-state index contributed by atoms with van der Waals surface area (Å²) >= 11 is 1.23. The number of benzene rings is 1. The monoisotopic (exact) mass is 411 g/mol. The third-order valence-electron chi connectivity index (χ3n) is 4.42. The summed E-state index contributed by atoms with van der Waals surface area (Å²) in [6.07, 6.45) is -0.673. The van der Waals surface area contributed by atoms with Crippen LogP contribution in [0.25, 0.3) is 0 Å². The van der Waals surface area contributed by atoms with Gasteiger partial charge in [-0.25, -0.2) is 8.42 Å². The molecule has 0 bridgehead atoms. The second-order valence-electron chi connectivity index (χ2n) is 6.51. The molecule has 146 valence electrons. The van der Waals surface area contributed by atoms with Crippen molar-refractivity contribution < 1.29 is 27.9 Å². The molecule has 0 saturated carbocycles. The van der Waals surface area contributed by atoms with Crippen molar-refractivity contribution in [3.05, 3.63) is 23.8 Å². The van der Waals surface area contributed by atoms with Crippen LogP contribution in [0.15, 0.2) is 23.2 Å². The molecule has 1 aromatic rings. The van der Waals surface area contributed by atoms with E-state index in [2.05, 4.69) is 4.99 Å². The molecule has 10 heteroatoms. The summed E-state index contributed by atoms with van der Waals surface area (Å²) in [6, 6.07) is 5.15. The van der Waals surface area contributed by atoms with Crippen molar-refractivity contribution in [2.45, 2.75) is 31.1 Å². The molecule has 0 unspecified atom stereocenters. The first-order chi connectivity index (χ1) is 12.7. The Morgan fingerprint density at radius 1 is 1.33 bits per heavy atom. The number of anilines is 1. The number of ether oxygens (including phenoxy) is 1. The Kier molecular flexibility index (Phi) is 5.48. The number of methoxy groups -OCH3 is 1. The van der Waals surface area contributed by atoms with Gasteiger partial charge < -0.3 is 19.5 Å². The van der Waals surface area contributed by atoms with E-state index >= 15 is 0 Å². The molecule has 2 heterocycles. The first-order valence-corrected chi connectivity index (χ1v) is 11.0. The molecule has 2 aliphatic heterocycles. The fourth-order valence-corrected chi connectivity index (χ4v) is 7.13. The van der Waals surface area contributed by atoms with Crippen LogP contribution in [0.1, 0.15) is 18.4 Å². The number of carbonyl (C=O) groups is 2. The predicted molar refractivity (Wildman–Crippen MR) is 101 cm³/mol. The van der Waals surface area contributed by atoms with Crippen molar-refractivity contribution in [2.24, 2.45) is 4.99 Å². The quantitative estimate of drug-likeness (QED) is 0.672. The van der Waals surface area contributed by atoms with E-state index in [0.29, 0.717) is 16.6 Å². The number of carboxylic acids is 1. The van der Waals surface area contributed by atoms with Gasteiger partial charge in [-0.2, -0.15) is 4.99 Å². The normalized spacial score (nSPS) is 24.8. The van der Waals surface area contributed by atoms with Gasteiger partial charge in [-0.3, -0.25) is 4.79 Å². The van der Waals surface area contributed by atoms with E-state index in [9.17, 15) is 23.1 Å². The Labute approximate surface area is 161 Å². The average Bonchev–Trinajstić information content (AvgIpc) is 3.03. The van der Waals surface area contributed by atoms with Gasteiger partial charge in [0, 0.05) is 17.6 Å². The van der Waals surface area contributed by atoms with Crippen LogP contribution in [0.3, 0.4) is 0 Å². The zero-order valence-corrected chi connectivity index (χ0v) is 16.5. The minimum atomic E-state index is -3.18. The molecular weight excluding hydrogens is 392 g/mol. The summed E-state index contributed by atoms with van der Waals surface area (Å²) in [5, 5.41) is 10.7. The third-order valence-corrected chi connectivity index (χ3v) is 7.63. The smallest absolute Gasteiger partial charge is 0.248 e. The second kappa shape index (κ2) is 7.51. The average molecular weight is 411 g/mol. The molecule has 8 nitrogen and oxygen atoms in total. The highest BCUT2D eigenvalue weighted by atomic mass is 32.2. The lowest BCUT2D eigenvalue weighted by Gasteiger charge is -2.26. The van der Waals surface area contributed by atoms with Gasteiger partial charge in [0.15, 0.2) is 15.0 Å². The summed E-state index contributed by atoms with van der Waals surface area (Å²) in [4.78, 5) is 28.5. The number of hydrogen-bond acceptors (Lipinski definition) is 7. The fourth-order valence-electron chi connectivity index (χ4n) is 3.21. The van der Waals surface area contributed by atoms with Gasteiger partial charge in [0.2, 0.25) is 5.91 Å². The van der Waals surface area contributed by atoms with Crippen molar-refractivity contribution in [3.8, 4) is 5.75 Å². The van der Waals surface area contributed by atoms with Crippen LogP contribution in [-0.4, -0.2) is 55.4 Å². The van der Waals surface area contributed by atoms with E-state index in [1.807, 2.05) is 19.1 Å². The molecule has 1 aromatic carbocycles. The molecular formula is C17H19N2O6S2-. The maximum Gasteiger partial charge on any atom is 0.248 e. The molecule has 3 rings (SSSR count). The molecule has 0 radical (unpaired) electrons. The molecule has 0 N–H and O–H groups in total. The zero-order valence-electron chi connectivity index (χ0n) is 14.9. The van der Waals surface area contributed by atoms with Gasteiger partial charge in [0.1, 0.15) is 5.75 Å².